The molecule has 0 spiro atoms. The van der Waals surface area contributed by atoms with E-state index in [1.54, 1.807) is 0 Å². The van der Waals surface area contributed by atoms with Crippen molar-refractivity contribution >= 4 is 16.9 Å². The summed E-state index contributed by atoms with van der Waals surface area (Å²) in [5.41, 5.74) is 3.29. The number of fused-ring (bicyclic) bond motifs is 1. The van der Waals surface area contributed by atoms with E-state index in [2.05, 4.69) is 20.3 Å². The third-order valence-electron chi connectivity index (χ3n) is 2.49. The van der Waals surface area contributed by atoms with E-state index in [-0.39, 0.29) is 11.4 Å². The lowest BCUT2D eigenvalue weighted by Gasteiger charge is -2.07. The molecule has 7 heteroatoms. The van der Waals surface area contributed by atoms with Gasteiger partial charge in [-0.1, -0.05) is 6.92 Å². The molecular weight excluding hydrogens is 237 g/mol. The van der Waals surface area contributed by atoms with Gasteiger partial charge in [0.1, 0.15) is 5.52 Å². The van der Waals surface area contributed by atoms with E-state index < -0.39 is 5.82 Å². The van der Waals surface area contributed by atoms with Gasteiger partial charge < -0.3 is 4.98 Å². The van der Waals surface area contributed by atoms with E-state index in [1.165, 1.54) is 18.5 Å². The summed E-state index contributed by atoms with van der Waals surface area (Å²) in [6, 6.07) is 2.82. The van der Waals surface area contributed by atoms with Crippen LogP contribution in [0, 0.1) is 5.82 Å². The molecule has 0 radical (unpaired) electrons. The van der Waals surface area contributed by atoms with Gasteiger partial charge in [0.15, 0.2) is 11.7 Å². The van der Waals surface area contributed by atoms with E-state index in [9.17, 15) is 4.39 Å². The summed E-state index contributed by atoms with van der Waals surface area (Å²) in [4.78, 5) is 10.8. The number of nitrogens with one attached hydrogen (secondary N) is 3. The number of hydrogen-bond donors (Lipinski definition) is 4. The fourth-order valence-electron chi connectivity index (χ4n) is 1.62. The van der Waals surface area contributed by atoms with Gasteiger partial charge in [-0.05, 0) is 18.7 Å². The summed E-state index contributed by atoms with van der Waals surface area (Å²) in [5, 5.41) is 12.1. The monoisotopic (exact) mass is 251 g/mol. The highest BCUT2D eigenvalue weighted by Crippen LogP contribution is 2.18. The van der Waals surface area contributed by atoms with E-state index in [0.717, 1.165) is 6.54 Å². The number of aliphatic imine (C=N–C) groups is 1. The second-order valence-electron chi connectivity index (χ2n) is 3.60. The molecule has 0 unspecified atom stereocenters. The molecule has 96 valence electrons. The molecule has 0 fully saturated rings. The maximum atomic E-state index is 13.5. The zero-order chi connectivity index (χ0) is 13.0. The molecule has 0 saturated carbocycles. The number of rotatable bonds is 4. The molecule has 0 aliphatic carbocycles. The topological polar surface area (TPSA) is 85.3 Å². The fourth-order valence-corrected chi connectivity index (χ4v) is 1.62. The maximum Gasteiger partial charge on any atom is 0.155 e. The Morgan fingerprint density at radius 3 is 3.11 bits per heavy atom. The highest BCUT2D eigenvalue weighted by molar-refractivity contribution is 6.07. The van der Waals surface area contributed by atoms with Gasteiger partial charge in [-0.15, -0.1) is 0 Å². The number of halogens is 1. The Labute approximate surface area is 103 Å². The first-order valence-corrected chi connectivity index (χ1v) is 5.55. The first-order chi connectivity index (χ1) is 8.77. The van der Waals surface area contributed by atoms with Crippen molar-refractivity contribution in [2.45, 2.75) is 6.92 Å². The minimum atomic E-state index is -0.418. The number of amidine groups is 1. The van der Waals surface area contributed by atoms with Crippen LogP contribution in [0.2, 0.25) is 0 Å². The van der Waals surface area contributed by atoms with E-state index in [4.69, 9.17) is 5.21 Å². The van der Waals surface area contributed by atoms with Crippen molar-refractivity contribution in [1.82, 2.24) is 20.8 Å². The summed E-state index contributed by atoms with van der Waals surface area (Å²) in [6.45, 7) is 3.07. The second kappa shape index (κ2) is 5.56. The Balaban J connectivity index is 2.42. The molecule has 0 atom stereocenters. The summed E-state index contributed by atoms with van der Waals surface area (Å²) >= 11 is 0. The fraction of sp³-hybridized carbons (Fsp3) is 0.273. The van der Waals surface area contributed by atoms with E-state index >= 15 is 0 Å². The Morgan fingerprint density at radius 2 is 2.39 bits per heavy atom. The van der Waals surface area contributed by atoms with Crippen LogP contribution in [0.4, 0.5) is 4.39 Å². The van der Waals surface area contributed by atoms with Crippen molar-refractivity contribution in [2.75, 3.05) is 13.2 Å². The minimum absolute atomic E-state index is 0.221. The van der Waals surface area contributed by atoms with Gasteiger partial charge in [-0.2, -0.15) is 0 Å². The molecule has 0 bridgehead atoms. The molecular formula is C11H14FN5O. The normalized spacial score (nSPS) is 12.1. The number of hydrogen-bond acceptors (Lipinski definition) is 4. The highest BCUT2D eigenvalue weighted by atomic mass is 19.1. The van der Waals surface area contributed by atoms with Crippen molar-refractivity contribution in [3.63, 3.8) is 0 Å². The van der Waals surface area contributed by atoms with Gasteiger partial charge in [0.25, 0.3) is 0 Å². The van der Waals surface area contributed by atoms with Crippen LogP contribution < -0.4 is 10.8 Å². The molecule has 1 aromatic carbocycles. The van der Waals surface area contributed by atoms with Gasteiger partial charge in [-0.3, -0.25) is 21.0 Å². The molecule has 18 heavy (non-hydrogen) atoms. The van der Waals surface area contributed by atoms with Crippen molar-refractivity contribution in [3.8, 4) is 0 Å². The molecule has 2 rings (SSSR count). The second-order valence-corrected chi connectivity index (χ2v) is 3.60. The number of nitrogens with zero attached hydrogens (tertiary/aromatic N) is 2. The van der Waals surface area contributed by atoms with Crippen molar-refractivity contribution in [2.24, 2.45) is 4.99 Å². The van der Waals surface area contributed by atoms with Gasteiger partial charge in [0.05, 0.1) is 18.5 Å². The zero-order valence-electron chi connectivity index (χ0n) is 9.87. The number of hydroxylamine groups is 1. The smallest absolute Gasteiger partial charge is 0.155 e. The third kappa shape index (κ3) is 2.31. The summed E-state index contributed by atoms with van der Waals surface area (Å²) < 4.78 is 13.5. The van der Waals surface area contributed by atoms with Crippen molar-refractivity contribution in [1.29, 1.82) is 0 Å². The standard InChI is InChI=1S/C11H14FN5O/c1-2-13-5-16-11(17-18)7-3-4-8(12)10-9(7)14-6-15-10/h3-4,6,13,18H,2,5H2,1H3,(H,14,15)(H,16,17). The van der Waals surface area contributed by atoms with Gasteiger partial charge in [0, 0.05) is 5.56 Å². The Kier molecular flexibility index (Phi) is 3.85. The Bertz CT molecular complexity index is 566. The number of aromatic amines is 1. The lowest BCUT2D eigenvalue weighted by molar-refractivity contribution is 0.234. The minimum Gasteiger partial charge on any atom is -0.344 e. The number of benzene rings is 1. The van der Waals surface area contributed by atoms with Crippen LogP contribution in [0.3, 0.4) is 0 Å². The zero-order valence-corrected chi connectivity index (χ0v) is 9.87. The third-order valence-corrected chi connectivity index (χ3v) is 2.49. The van der Waals surface area contributed by atoms with Crippen LogP contribution in [0.25, 0.3) is 11.0 Å². The molecule has 0 amide bonds. The average molecular weight is 251 g/mol. The maximum absolute atomic E-state index is 13.5. The van der Waals surface area contributed by atoms with Crippen LogP contribution in [0.1, 0.15) is 12.5 Å². The summed E-state index contributed by atoms with van der Waals surface area (Å²) in [6.07, 6.45) is 1.40. The SMILES string of the molecule is CCNCN=C(NO)c1ccc(F)c2nc[nH]c12. The van der Waals surface area contributed by atoms with Gasteiger partial charge in [-0.25, -0.2) is 9.37 Å². The summed E-state index contributed by atoms with van der Waals surface area (Å²) in [5.74, 6) is -0.163. The van der Waals surface area contributed by atoms with E-state index in [0.29, 0.717) is 17.7 Å². The lowest BCUT2D eigenvalue weighted by atomic mass is 10.1. The van der Waals surface area contributed by atoms with Gasteiger partial charge in [0.2, 0.25) is 0 Å². The molecule has 1 heterocycles. The van der Waals surface area contributed by atoms with Crippen LogP contribution in [0.15, 0.2) is 23.5 Å². The van der Waals surface area contributed by atoms with Crippen molar-refractivity contribution < 1.29 is 9.60 Å². The quantitative estimate of drug-likeness (QED) is 0.282. The van der Waals surface area contributed by atoms with Crippen molar-refractivity contribution in [3.05, 3.63) is 29.8 Å². The summed E-state index contributed by atoms with van der Waals surface area (Å²) in [7, 11) is 0. The molecule has 6 nitrogen and oxygen atoms in total. The Hall–Kier alpha value is -1.99. The molecule has 4 N–H and O–H groups in total. The Morgan fingerprint density at radius 1 is 1.56 bits per heavy atom. The predicted octanol–water partition coefficient (Wildman–Crippen LogP) is 0.994. The van der Waals surface area contributed by atoms with Gasteiger partial charge >= 0.3 is 0 Å². The number of H-pyrrole nitrogens is 1. The first-order valence-electron chi connectivity index (χ1n) is 5.55. The molecule has 1 aromatic heterocycles. The van der Waals surface area contributed by atoms with Crippen LogP contribution in [-0.2, 0) is 0 Å². The van der Waals surface area contributed by atoms with Crippen LogP contribution in [-0.4, -0.2) is 34.2 Å². The molecule has 0 saturated heterocycles. The lowest BCUT2D eigenvalue weighted by Crippen LogP contribution is -2.24. The first kappa shape index (κ1) is 12.5. The number of aromatic nitrogens is 2. The molecule has 0 aliphatic heterocycles. The van der Waals surface area contributed by atoms with E-state index in [1.807, 2.05) is 12.4 Å². The van der Waals surface area contributed by atoms with Crippen LogP contribution in [0.5, 0.6) is 0 Å². The molecule has 0 aliphatic rings. The highest BCUT2D eigenvalue weighted by Gasteiger charge is 2.12. The largest absolute Gasteiger partial charge is 0.344 e. The average Bonchev–Trinajstić information content (AvgIpc) is 2.86. The molecule has 2 aromatic rings. The predicted molar refractivity (Wildman–Crippen MR) is 66.1 cm³/mol. The number of imidazole rings is 1. The van der Waals surface area contributed by atoms with Crippen LogP contribution >= 0.6 is 0 Å².